The van der Waals surface area contributed by atoms with Crippen molar-refractivity contribution in [1.29, 1.82) is 0 Å². The number of ketones is 1. The van der Waals surface area contributed by atoms with Crippen LogP contribution >= 0.6 is 0 Å². The van der Waals surface area contributed by atoms with Crippen molar-refractivity contribution in [3.8, 4) is 0 Å². The fraction of sp³-hybridized carbons (Fsp3) is 0.800. The Hall–Kier alpha value is -3.00. The van der Waals surface area contributed by atoms with Crippen LogP contribution in [0.5, 0.6) is 0 Å². The highest BCUT2D eigenvalue weighted by Gasteiger charge is 2.70. The lowest BCUT2D eigenvalue weighted by atomic mass is 9.70. The van der Waals surface area contributed by atoms with Crippen molar-refractivity contribution >= 4 is 39.6 Å². The molecule has 0 radical (unpaired) electrons. The largest absolute Gasteiger partial charge is 0.346 e. The van der Waals surface area contributed by atoms with E-state index in [1.54, 1.807) is 4.90 Å². The summed E-state index contributed by atoms with van der Waals surface area (Å²) in [7, 11) is -2.05. The second-order valence-electron chi connectivity index (χ2n) is 16.3. The maximum Gasteiger partial charge on any atom is 0.315 e. The standard InChI is InChI=1S/C35H60N6O7S/c1-11-16-23(27(42)30(44)36-19-12-2)37-29(43)26-25-22(34(25,6)7)20-41(26)31(45)28(35(8)17-14-13-15-18-35)39-32(46)38-24(33(3,4)5)21-40(9)49(10,47)48/h12,22-26,28H,2,11,13-21H2,1,3-10H3,(H,36,44)(H,37,43)(H2,38,39,46)/t22-,23?,24+,25-,26-,28+/m0/s1. The summed E-state index contributed by atoms with van der Waals surface area (Å²) in [5.41, 5.74) is -1.30. The number of fused-ring (bicyclic) bond motifs is 1. The van der Waals surface area contributed by atoms with Crippen LogP contribution in [0.4, 0.5) is 4.79 Å². The Bertz CT molecular complexity index is 1380. The monoisotopic (exact) mass is 708 g/mol. The van der Waals surface area contributed by atoms with E-state index < -0.39 is 68.6 Å². The zero-order valence-corrected chi connectivity index (χ0v) is 31.8. The topological polar surface area (TPSA) is 174 Å². The van der Waals surface area contributed by atoms with Gasteiger partial charge in [0.1, 0.15) is 12.1 Å². The molecule has 4 N–H and O–H groups in total. The summed E-state index contributed by atoms with van der Waals surface area (Å²) in [6, 6.07) is -4.03. The van der Waals surface area contributed by atoms with Crippen molar-refractivity contribution in [2.45, 2.75) is 118 Å². The van der Waals surface area contributed by atoms with Gasteiger partial charge in [0, 0.05) is 32.7 Å². The third-order valence-electron chi connectivity index (χ3n) is 11.2. The predicted octanol–water partition coefficient (Wildman–Crippen LogP) is 2.57. The van der Waals surface area contributed by atoms with Gasteiger partial charge in [0.2, 0.25) is 27.6 Å². The highest BCUT2D eigenvalue weighted by molar-refractivity contribution is 7.88. The first-order valence-corrected chi connectivity index (χ1v) is 19.5. The molecule has 3 aliphatic rings. The van der Waals surface area contributed by atoms with Gasteiger partial charge in [-0.2, -0.15) is 0 Å². The first-order chi connectivity index (χ1) is 22.6. The number of urea groups is 1. The summed E-state index contributed by atoms with van der Waals surface area (Å²) < 4.78 is 25.6. The van der Waals surface area contributed by atoms with Crippen LogP contribution in [-0.4, -0.2) is 104 Å². The molecule has 0 bridgehead atoms. The molecule has 3 rings (SSSR count). The number of carbonyl (C=O) groups is 5. The van der Waals surface area contributed by atoms with E-state index in [-0.39, 0.29) is 42.7 Å². The van der Waals surface area contributed by atoms with Gasteiger partial charge in [-0.1, -0.05) is 80.2 Å². The molecule has 0 spiro atoms. The summed E-state index contributed by atoms with van der Waals surface area (Å²) in [5.74, 6) is -2.48. The van der Waals surface area contributed by atoms with Gasteiger partial charge in [0.25, 0.3) is 5.91 Å². The average Bonchev–Trinajstić information content (AvgIpc) is 3.32. The van der Waals surface area contributed by atoms with Crippen molar-refractivity contribution < 1.29 is 32.4 Å². The maximum atomic E-state index is 14.7. The molecule has 1 aliphatic heterocycles. The number of likely N-dealkylation sites (tertiary alicyclic amines) is 1. The van der Waals surface area contributed by atoms with Crippen molar-refractivity contribution in [3.05, 3.63) is 12.7 Å². The third-order valence-corrected chi connectivity index (χ3v) is 12.5. The number of nitrogens with one attached hydrogen (secondary N) is 4. The number of sulfonamides is 1. The van der Waals surface area contributed by atoms with Crippen LogP contribution in [0.1, 0.15) is 93.4 Å². The highest BCUT2D eigenvalue weighted by atomic mass is 32.2. The van der Waals surface area contributed by atoms with Crippen molar-refractivity contribution in [2.24, 2.45) is 28.1 Å². The molecule has 6 atom stereocenters. The molecule has 0 aromatic rings. The molecule has 278 valence electrons. The Morgan fingerprint density at radius 3 is 2.16 bits per heavy atom. The Morgan fingerprint density at radius 1 is 1.02 bits per heavy atom. The molecular weight excluding hydrogens is 648 g/mol. The maximum absolute atomic E-state index is 14.7. The third kappa shape index (κ3) is 9.42. The van der Waals surface area contributed by atoms with Gasteiger partial charge < -0.3 is 26.2 Å². The van der Waals surface area contributed by atoms with Gasteiger partial charge in [-0.25, -0.2) is 17.5 Å². The summed E-state index contributed by atoms with van der Waals surface area (Å²) in [6.07, 6.45) is 7.60. The van der Waals surface area contributed by atoms with Gasteiger partial charge in [-0.3, -0.25) is 19.2 Å². The predicted molar refractivity (Wildman–Crippen MR) is 189 cm³/mol. The van der Waals surface area contributed by atoms with Gasteiger partial charge >= 0.3 is 6.03 Å². The molecule has 0 aromatic carbocycles. The first-order valence-electron chi connectivity index (χ1n) is 17.6. The minimum atomic E-state index is -3.50. The Morgan fingerprint density at radius 2 is 1.63 bits per heavy atom. The summed E-state index contributed by atoms with van der Waals surface area (Å²) in [5, 5.41) is 11.2. The van der Waals surface area contributed by atoms with Crippen LogP contribution in [0.25, 0.3) is 0 Å². The number of likely N-dealkylation sites (N-methyl/N-ethyl adjacent to an activating group) is 1. The van der Waals surface area contributed by atoms with E-state index in [4.69, 9.17) is 0 Å². The second kappa shape index (κ2) is 15.5. The van der Waals surface area contributed by atoms with E-state index in [1.165, 1.54) is 17.4 Å². The molecule has 1 saturated heterocycles. The van der Waals surface area contributed by atoms with Gasteiger partial charge in [-0.05, 0) is 47.3 Å². The zero-order valence-electron chi connectivity index (χ0n) is 31.0. The van der Waals surface area contributed by atoms with Crippen LogP contribution < -0.4 is 21.3 Å². The normalized spacial score (nSPS) is 24.5. The smallest absolute Gasteiger partial charge is 0.315 e. The lowest BCUT2D eigenvalue weighted by Gasteiger charge is -2.43. The number of carbonyl (C=O) groups excluding carboxylic acids is 5. The van der Waals surface area contributed by atoms with Crippen LogP contribution in [0.3, 0.4) is 0 Å². The molecule has 1 unspecified atom stereocenters. The van der Waals surface area contributed by atoms with E-state index >= 15 is 0 Å². The SMILES string of the molecule is C=CCNC(=O)C(=O)C(CCC)NC(=O)[C@@H]1[C@@H]2[C@H](CN1C(=O)[C@@H](NC(=O)N[C@H](CN(C)S(C)(=O)=O)C(C)(C)C)C1(C)CCCCC1)C2(C)C. The molecular formula is C35H60N6O7S. The number of amides is 5. The summed E-state index contributed by atoms with van der Waals surface area (Å²) in [6.45, 7) is 17.7. The zero-order chi connectivity index (χ0) is 37.1. The van der Waals surface area contributed by atoms with E-state index in [0.29, 0.717) is 25.8 Å². The molecule has 0 aromatic heterocycles. The number of rotatable bonds is 15. The molecule has 14 heteroatoms. The number of nitrogens with zero attached hydrogens (tertiary/aromatic N) is 2. The minimum Gasteiger partial charge on any atom is -0.346 e. The van der Waals surface area contributed by atoms with Crippen LogP contribution in [-0.2, 0) is 29.2 Å². The lowest BCUT2D eigenvalue weighted by Crippen LogP contribution is -2.63. The quantitative estimate of drug-likeness (QED) is 0.149. The van der Waals surface area contributed by atoms with Crippen molar-refractivity contribution in [3.63, 3.8) is 0 Å². The molecule has 1 heterocycles. The summed E-state index contributed by atoms with van der Waals surface area (Å²) >= 11 is 0. The molecule has 3 fully saturated rings. The fourth-order valence-corrected chi connectivity index (χ4v) is 8.07. The second-order valence-corrected chi connectivity index (χ2v) is 18.4. The average molecular weight is 709 g/mol. The molecule has 2 saturated carbocycles. The van der Waals surface area contributed by atoms with Gasteiger partial charge in [-0.15, -0.1) is 6.58 Å². The number of hydrogen-bond acceptors (Lipinski definition) is 7. The number of piperidine rings is 1. The van der Waals surface area contributed by atoms with Crippen LogP contribution in [0.2, 0.25) is 0 Å². The number of Topliss-reactive ketones (excluding diaryl/α,β-unsaturated/α-hetero) is 1. The minimum absolute atomic E-state index is 0.0434. The fourth-order valence-electron chi connectivity index (χ4n) is 7.65. The van der Waals surface area contributed by atoms with Crippen molar-refractivity contribution in [2.75, 3.05) is 32.9 Å². The molecule has 13 nitrogen and oxygen atoms in total. The molecule has 2 aliphatic carbocycles. The Labute approximate surface area is 293 Å². The summed E-state index contributed by atoms with van der Waals surface area (Å²) in [4.78, 5) is 69.7. The highest BCUT2D eigenvalue weighted by Crippen LogP contribution is 2.65. The van der Waals surface area contributed by atoms with E-state index in [1.807, 2.05) is 34.6 Å². The van der Waals surface area contributed by atoms with Crippen LogP contribution in [0.15, 0.2) is 12.7 Å². The Balaban J connectivity index is 1.91. The van der Waals surface area contributed by atoms with Crippen molar-refractivity contribution in [1.82, 2.24) is 30.5 Å². The van der Waals surface area contributed by atoms with E-state index in [9.17, 15) is 32.4 Å². The first kappa shape index (κ1) is 40.4. The molecule has 49 heavy (non-hydrogen) atoms. The van der Waals surface area contributed by atoms with Gasteiger partial charge in [0.15, 0.2) is 0 Å². The van der Waals surface area contributed by atoms with Gasteiger partial charge in [0.05, 0.1) is 12.3 Å². The van der Waals surface area contributed by atoms with E-state index in [0.717, 1.165) is 25.5 Å². The lowest BCUT2D eigenvalue weighted by molar-refractivity contribution is -0.146. The molecule has 5 amide bonds. The van der Waals surface area contributed by atoms with Crippen LogP contribution in [0, 0.1) is 28.1 Å². The Kier molecular flexibility index (Phi) is 12.8. The number of hydrogen-bond donors (Lipinski definition) is 4. The van der Waals surface area contributed by atoms with E-state index in [2.05, 4.69) is 41.7 Å².